The van der Waals surface area contributed by atoms with Gasteiger partial charge in [0.15, 0.2) is 5.96 Å². The first-order chi connectivity index (χ1) is 13.7. The van der Waals surface area contributed by atoms with E-state index in [1.165, 1.54) is 11.3 Å². The van der Waals surface area contributed by atoms with Gasteiger partial charge in [-0.2, -0.15) is 0 Å². The first kappa shape index (κ1) is 24.4. The number of hydrogen-bond acceptors (Lipinski definition) is 4. The number of anilines is 1. The molecule has 8 heteroatoms. The third-order valence-corrected chi connectivity index (χ3v) is 7.38. The van der Waals surface area contributed by atoms with Crippen molar-refractivity contribution in [2.45, 2.75) is 50.4 Å². The van der Waals surface area contributed by atoms with Crippen LogP contribution in [-0.4, -0.2) is 60.6 Å². The van der Waals surface area contributed by atoms with Gasteiger partial charge in [-0.3, -0.25) is 9.20 Å². The van der Waals surface area contributed by atoms with E-state index in [0.717, 1.165) is 70.2 Å². The minimum Gasteiger partial charge on any atom is -0.378 e. The molecule has 29 heavy (non-hydrogen) atoms. The van der Waals surface area contributed by atoms with Crippen LogP contribution in [0.1, 0.15) is 38.2 Å². The summed E-state index contributed by atoms with van der Waals surface area (Å²) in [5.74, 6) is 1.58. The summed E-state index contributed by atoms with van der Waals surface area (Å²) < 4.78 is 17.7. The van der Waals surface area contributed by atoms with Gasteiger partial charge in [0, 0.05) is 60.2 Å². The maximum atomic E-state index is 12.2. The van der Waals surface area contributed by atoms with Crippen LogP contribution in [0.3, 0.4) is 0 Å². The molecule has 6 nitrogen and oxygen atoms in total. The monoisotopic (exact) mass is 534 g/mol. The highest BCUT2D eigenvalue weighted by atomic mass is 127. The van der Waals surface area contributed by atoms with E-state index < -0.39 is 10.8 Å². The highest BCUT2D eigenvalue weighted by molar-refractivity contribution is 14.0. The molecule has 1 heterocycles. The first-order valence-electron chi connectivity index (χ1n) is 10.5. The minimum atomic E-state index is -0.706. The molecule has 0 amide bonds. The highest BCUT2D eigenvalue weighted by Gasteiger charge is 2.26. The lowest BCUT2D eigenvalue weighted by atomic mass is 9.95. The Labute approximate surface area is 194 Å². The van der Waals surface area contributed by atoms with E-state index in [4.69, 9.17) is 4.74 Å². The summed E-state index contributed by atoms with van der Waals surface area (Å²) in [6, 6.07) is 8.88. The molecule has 1 saturated heterocycles. The number of aliphatic imine (C=N–C) groups is 1. The minimum absolute atomic E-state index is 0. The topological polar surface area (TPSA) is 66.0 Å². The molecule has 2 N–H and O–H groups in total. The lowest BCUT2D eigenvalue weighted by Crippen LogP contribution is -2.46. The molecule has 0 radical (unpaired) electrons. The van der Waals surface area contributed by atoms with E-state index in [0.29, 0.717) is 11.3 Å². The Balaban J connectivity index is 0.00000300. The molecule has 2 fully saturated rings. The Bertz CT molecular complexity index is 682. The normalized spacial score (nSPS) is 23.8. The quantitative estimate of drug-likeness (QED) is 0.334. The number of para-hydroxylation sites is 1. The van der Waals surface area contributed by atoms with Gasteiger partial charge in [-0.15, -0.1) is 24.0 Å². The summed E-state index contributed by atoms with van der Waals surface area (Å²) in [6.45, 7) is 6.17. The molecule has 0 spiro atoms. The molecule has 3 rings (SSSR count). The van der Waals surface area contributed by atoms with Gasteiger partial charge >= 0.3 is 0 Å². The van der Waals surface area contributed by atoms with Crippen LogP contribution in [-0.2, 0) is 22.1 Å². The van der Waals surface area contributed by atoms with E-state index >= 15 is 0 Å². The Morgan fingerprint density at radius 3 is 2.76 bits per heavy atom. The third kappa shape index (κ3) is 7.10. The number of guanidine groups is 1. The van der Waals surface area contributed by atoms with E-state index in [1.54, 1.807) is 0 Å². The second-order valence-corrected chi connectivity index (χ2v) is 9.46. The average molecular weight is 535 g/mol. The van der Waals surface area contributed by atoms with E-state index in [-0.39, 0.29) is 24.0 Å². The van der Waals surface area contributed by atoms with Gasteiger partial charge < -0.3 is 20.3 Å². The van der Waals surface area contributed by atoms with E-state index in [2.05, 4.69) is 44.8 Å². The number of benzene rings is 1. The fourth-order valence-electron chi connectivity index (χ4n) is 4.09. The molecule has 1 saturated carbocycles. The lowest BCUT2D eigenvalue weighted by molar-refractivity contribution is 0.122. The second-order valence-electron chi connectivity index (χ2n) is 7.45. The van der Waals surface area contributed by atoms with Crippen molar-refractivity contribution in [3.05, 3.63) is 29.8 Å². The van der Waals surface area contributed by atoms with Gasteiger partial charge in [-0.25, -0.2) is 0 Å². The molecule has 3 unspecified atom stereocenters. The Kier molecular flexibility index (Phi) is 10.7. The average Bonchev–Trinajstić information content (AvgIpc) is 2.77. The van der Waals surface area contributed by atoms with Crippen molar-refractivity contribution in [2.24, 2.45) is 4.99 Å². The SMILES string of the molecule is CCS(=O)C1CCCC(NC(=NC)NCc2ccccc2N2CCOCC2)C1.I. The smallest absolute Gasteiger partial charge is 0.191 e. The number of halogens is 1. The van der Waals surface area contributed by atoms with Crippen LogP contribution in [0.25, 0.3) is 0 Å². The molecule has 1 aromatic carbocycles. The molecule has 1 aliphatic carbocycles. The van der Waals surface area contributed by atoms with E-state index in [1.807, 2.05) is 14.0 Å². The van der Waals surface area contributed by atoms with Crippen molar-refractivity contribution in [3.63, 3.8) is 0 Å². The predicted molar refractivity (Wildman–Crippen MR) is 133 cm³/mol. The number of nitrogens with one attached hydrogen (secondary N) is 2. The number of hydrogen-bond donors (Lipinski definition) is 2. The lowest BCUT2D eigenvalue weighted by Gasteiger charge is -2.31. The fourth-order valence-corrected chi connectivity index (χ4v) is 5.44. The van der Waals surface area contributed by atoms with Crippen LogP contribution in [0.5, 0.6) is 0 Å². The zero-order valence-electron chi connectivity index (χ0n) is 17.6. The molecular formula is C21H35IN4O2S. The van der Waals surface area contributed by atoms with Crippen molar-refractivity contribution in [1.82, 2.24) is 10.6 Å². The third-order valence-electron chi connectivity index (χ3n) is 5.64. The number of ether oxygens (including phenoxy) is 1. The maximum Gasteiger partial charge on any atom is 0.191 e. The summed E-state index contributed by atoms with van der Waals surface area (Å²) in [5.41, 5.74) is 2.53. The Morgan fingerprint density at radius 2 is 2.03 bits per heavy atom. The van der Waals surface area contributed by atoms with Crippen LogP contribution in [0, 0.1) is 0 Å². The molecule has 0 bridgehead atoms. The number of nitrogens with zero attached hydrogens (tertiary/aromatic N) is 2. The summed E-state index contributed by atoms with van der Waals surface area (Å²) >= 11 is 0. The van der Waals surface area contributed by atoms with E-state index in [9.17, 15) is 4.21 Å². The van der Waals surface area contributed by atoms with Crippen LogP contribution >= 0.6 is 24.0 Å². The Morgan fingerprint density at radius 1 is 1.28 bits per heavy atom. The zero-order valence-corrected chi connectivity index (χ0v) is 20.7. The predicted octanol–water partition coefficient (Wildman–Crippen LogP) is 2.89. The van der Waals surface area contributed by atoms with Crippen LogP contribution in [0.4, 0.5) is 5.69 Å². The van der Waals surface area contributed by atoms with Crippen molar-refractivity contribution < 1.29 is 8.95 Å². The Hall–Kier alpha value is -0.870. The van der Waals surface area contributed by atoms with Gasteiger partial charge in [-0.1, -0.05) is 31.5 Å². The summed E-state index contributed by atoms with van der Waals surface area (Å²) in [5, 5.41) is 7.35. The zero-order chi connectivity index (χ0) is 19.8. The summed E-state index contributed by atoms with van der Waals surface area (Å²) in [6.07, 6.45) is 4.29. The molecule has 1 aliphatic heterocycles. The highest BCUT2D eigenvalue weighted by Crippen LogP contribution is 2.23. The van der Waals surface area contributed by atoms with Gasteiger partial charge in [0.25, 0.3) is 0 Å². The molecular weight excluding hydrogens is 499 g/mol. The van der Waals surface area contributed by atoms with Gasteiger partial charge in [0.1, 0.15) is 0 Å². The standard InChI is InChI=1S/C21H34N4O2S.HI/c1-3-28(26)19-9-6-8-18(15-19)24-21(22-2)23-16-17-7-4-5-10-20(17)25-11-13-27-14-12-25;/h4-5,7,10,18-19H,3,6,8-9,11-16H2,1-2H3,(H2,22,23,24);1H. The van der Waals surface area contributed by atoms with Crippen molar-refractivity contribution in [1.29, 1.82) is 0 Å². The number of rotatable bonds is 6. The molecule has 0 aromatic heterocycles. The first-order valence-corrected chi connectivity index (χ1v) is 11.8. The van der Waals surface area contributed by atoms with Crippen molar-refractivity contribution in [3.8, 4) is 0 Å². The second kappa shape index (κ2) is 12.7. The molecule has 2 aliphatic rings. The summed E-state index contributed by atoms with van der Waals surface area (Å²) in [7, 11) is 1.11. The van der Waals surface area contributed by atoms with Crippen LogP contribution in [0.15, 0.2) is 29.3 Å². The molecule has 3 atom stereocenters. The molecule has 1 aromatic rings. The van der Waals surface area contributed by atoms with Crippen LogP contribution < -0.4 is 15.5 Å². The van der Waals surface area contributed by atoms with Crippen molar-refractivity contribution in [2.75, 3.05) is 44.0 Å². The van der Waals surface area contributed by atoms with Gasteiger partial charge in [0.2, 0.25) is 0 Å². The fraction of sp³-hybridized carbons (Fsp3) is 0.667. The summed E-state index contributed by atoms with van der Waals surface area (Å²) in [4.78, 5) is 6.81. The van der Waals surface area contributed by atoms with Crippen LogP contribution in [0.2, 0.25) is 0 Å². The van der Waals surface area contributed by atoms with Crippen molar-refractivity contribution >= 4 is 46.4 Å². The maximum absolute atomic E-state index is 12.2. The molecule has 164 valence electrons. The largest absolute Gasteiger partial charge is 0.378 e. The number of morpholine rings is 1. The van der Waals surface area contributed by atoms with Gasteiger partial charge in [-0.05, 0) is 30.9 Å². The van der Waals surface area contributed by atoms with Gasteiger partial charge in [0.05, 0.1) is 13.2 Å².